The summed E-state index contributed by atoms with van der Waals surface area (Å²) in [6.45, 7) is 6.54. The lowest BCUT2D eigenvalue weighted by Gasteiger charge is -2.12. The highest BCUT2D eigenvalue weighted by Crippen LogP contribution is 2.22. The molecule has 0 aliphatic carbocycles. The minimum Gasteiger partial charge on any atom is -0.363 e. The van der Waals surface area contributed by atoms with Crippen LogP contribution in [0, 0.1) is 20.8 Å². The van der Waals surface area contributed by atoms with Crippen LogP contribution in [0.1, 0.15) is 32.9 Å². The molecule has 0 spiro atoms. The van der Waals surface area contributed by atoms with Gasteiger partial charge >= 0.3 is 0 Å². The fraction of sp³-hybridized carbons (Fsp3) is 0.200. The van der Waals surface area contributed by atoms with Gasteiger partial charge in [0.1, 0.15) is 5.82 Å². The Balaban J connectivity index is 1.66. The molecule has 1 amide bonds. The van der Waals surface area contributed by atoms with E-state index in [2.05, 4.69) is 25.8 Å². The molecule has 0 saturated carbocycles. The second-order valence-electron chi connectivity index (χ2n) is 6.21. The molecule has 6 nitrogen and oxygen atoms in total. The van der Waals surface area contributed by atoms with Gasteiger partial charge in [-0.2, -0.15) is 0 Å². The van der Waals surface area contributed by atoms with Crippen molar-refractivity contribution in [3.05, 3.63) is 76.7 Å². The summed E-state index contributed by atoms with van der Waals surface area (Å²) in [4.78, 5) is 16.7. The summed E-state index contributed by atoms with van der Waals surface area (Å²) >= 11 is 0. The Morgan fingerprint density at radius 3 is 2.38 bits per heavy atom. The van der Waals surface area contributed by atoms with E-state index in [1.54, 1.807) is 18.3 Å². The third kappa shape index (κ3) is 4.22. The van der Waals surface area contributed by atoms with Crippen LogP contribution in [0.4, 0.5) is 11.5 Å². The number of anilines is 2. The summed E-state index contributed by atoms with van der Waals surface area (Å²) in [7, 11) is 0. The molecule has 0 atom stereocenters. The van der Waals surface area contributed by atoms with Crippen molar-refractivity contribution in [3.8, 4) is 0 Å². The monoisotopic (exact) mass is 347 g/mol. The lowest BCUT2D eigenvalue weighted by atomic mass is 10.1. The molecule has 2 N–H and O–H groups in total. The van der Waals surface area contributed by atoms with Crippen molar-refractivity contribution in [2.75, 3.05) is 10.6 Å². The number of hydrogen-bond donors (Lipinski definition) is 2. The lowest BCUT2D eigenvalue weighted by molar-refractivity contribution is 0.102. The number of carbonyl (C=O) groups is 1. The lowest BCUT2D eigenvalue weighted by Crippen LogP contribution is -2.16. The Kier molecular flexibility index (Phi) is 5.22. The number of rotatable bonds is 5. The quantitative estimate of drug-likeness (QED) is 0.736. The van der Waals surface area contributed by atoms with E-state index >= 15 is 0 Å². The minimum atomic E-state index is -0.274. The van der Waals surface area contributed by atoms with Crippen molar-refractivity contribution in [1.82, 2.24) is 15.2 Å². The summed E-state index contributed by atoms with van der Waals surface area (Å²) in [5, 5.41) is 14.1. The molecule has 2 heterocycles. The molecule has 0 unspecified atom stereocenters. The summed E-state index contributed by atoms with van der Waals surface area (Å²) < 4.78 is 0. The van der Waals surface area contributed by atoms with E-state index in [0.717, 1.165) is 22.5 Å². The van der Waals surface area contributed by atoms with Crippen LogP contribution in [0.15, 0.2) is 48.7 Å². The van der Waals surface area contributed by atoms with E-state index in [0.29, 0.717) is 12.4 Å². The average Bonchev–Trinajstić information content (AvgIpc) is 2.64. The Hall–Kier alpha value is -3.28. The van der Waals surface area contributed by atoms with Crippen LogP contribution in [0.2, 0.25) is 0 Å². The molecular weight excluding hydrogens is 326 g/mol. The number of hydrogen-bond acceptors (Lipinski definition) is 5. The van der Waals surface area contributed by atoms with Gasteiger partial charge in [-0.15, -0.1) is 10.2 Å². The van der Waals surface area contributed by atoms with Crippen LogP contribution in [-0.2, 0) is 6.54 Å². The van der Waals surface area contributed by atoms with Gasteiger partial charge in [0.15, 0.2) is 5.69 Å². The van der Waals surface area contributed by atoms with Gasteiger partial charge in [0.05, 0.1) is 12.2 Å². The van der Waals surface area contributed by atoms with Crippen molar-refractivity contribution in [2.45, 2.75) is 27.3 Å². The fourth-order valence-electron chi connectivity index (χ4n) is 2.79. The van der Waals surface area contributed by atoms with Crippen molar-refractivity contribution >= 4 is 17.4 Å². The average molecular weight is 347 g/mol. The van der Waals surface area contributed by atoms with E-state index in [-0.39, 0.29) is 11.6 Å². The number of aromatic nitrogens is 3. The molecule has 0 aliphatic rings. The van der Waals surface area contributed by atoms with Crippen molar-refractivity contribution in [2.24, 2.45) is 0 Å². The van der Waals surface area contributed by atoms with Gasteiger partial charge in [-0.05, 0) is 56.2 Å². The summed E-state index contributed by atoms with van der Waals surface area (Å²) in [6, 6.07) is 13.2. The van der Waals surface area contributed by atoms with Crippen LogP contribution in [0.25, 0.3) is 0 Å². The SMILES string of the molecule is Cc1cc(C)c(NC(=O)c2ccc(NCc3ccccn3)nn2)c(C)c1. The summed E-state index contributed by atoms with van der Waals surface area (Å²) in [5.41, 5.74) is 5.21. The van der Waals surface area contributed by atoms with Crippen LogP contribution in [0.3, 0.4) is 0 Å². The molecule has 132 valence electrons. The van der Waals surface area contributed by atoms with Gasteiger partial charge in [-0.25, -0.2) is 0 Å². The number of carbonyl (C=O) groups excluding carboxylic acids is 1. The van der Waals surface area contributed by atoms with E-state index in [1.165, 1.54) is 5.56 Å². The first kappa shape index (κ1) is 17.5. The number of benzene rings is 1. The van der Waals surface area contributed by atoms with Gasteiger partial charge in [-0.1, -0.05) is 23.8 Å². The predicted molar refractivity (Wildman–Crippen MR) is 102 cm³/mol. The highest BCUT2D eigenvalue weighted by Gasteiger charge is 2.12. The Bertz CT molecular complexity index is 884. The Morgan fingerprint density at radius 2 is 1.77 bits per heavy atom. The van der Waals surface area contributed by atoms with Crippen molar-refractivity contribution < 1.29 is 4.79 Å². The van der Waals surface area contributed by atoms with Gasteiger partial charge in [0.25, 0.3) is 5.91 Å². The van der Waals surface area contributed by atoms with Crippen molar-refractivity contribution in [1.29, 1.82) is 0 Å². The zero-order valence-corrected chi connectivity index (χ0v) is 15.1. The maximum absolute atomic E-state index is 12.5. The number of pyridine rings is 1. The summed E-state index contributed by atoms with van der Waals surface area (Å²) in [6.07, 6.45) is 1.74. The molecule has 0 bridgehead atoms. The first-order valence-corrected chi connectivity index (χ1v) is 8.39. The van der Waals surface area contributed by atoms with E-state index in [9.17, 15) is 4.79 Å². The van der Waals surface area contributed by atoms with E-state index < -0.39 is 0 Å². The van der Waals surface area contributed by atoms with Gasteiger partial charge in [-0.3, -0.25) is 9.78 Å². The van der Waals surface area contributed by atoms with Gasteiger partial charge in [0, 0.05) is 11.9 Å². The molecule has 1 aromatic carbocycles. The van der Waals surface area contributed by atoms with Gasteiger partial charge in [0.2, 0.25) is 0 Å². The fourth-order valence-corrected chi connectivity index (χ4v) is 2.79. The van der Waals surface area contributed by atoms with Gasteiger partial charge < -0.3 is 10.6 Å². The number of nitrogens with zero attached hydrogens (tertiary/aromatic N) is 3. The molecule has 0 fully saturated rings. The standard InChI is InChI=1S/C20H21N5O/c1-13-10-14(2)19(15(3)11-13)23-20(26)17-7-8-18(25-24-17)22-12-16-6-4-5-9-21-16/h4-11H,12H2,1-3H3,(H,22,25)(H,23,26). The van der Waals surface area contributed by atoms with Crippen LogP contribution in [0.5, 0.6) is 0 Å². The maximum atomic E-state index is 12.5. The van der Waals surface area contributed by atoms with Crippen molar-refractivity contribution in [3.63, 3.8) is 0 Å². The molecule has 3 rings (SSSR count). The number of amides is 1. The largest absolute Gasteiger partial charge is 0.363 e. The predicted octanol–water partition coefficient (Wildman–Crippen LogP) is 3.66. The third-order valence-corrected chi connectivity index (χ3v) is 3.99. The number of aryl methyl sites for hydroxylation is 3. The molecule has 0 radical (unpaired) electrons. The molecule has 2 aromatic heterocycles. The second-order valence-corrected chi connectivity index (χ2v) is 6.21. The smallest absolute Gasteiger partial charge is 0.276 e. The molecule has 6 heteroatoms. The first-order chi connectivity index (χ1) is 12.5. The van der Waals surface area contributed by atoms with E-state index in [1.807, 2.05) is 51.1 Å². The highest BCUT2D eigenvalue weighted by atomic mass is 16.1. The zero-order valence-electron chi connectivity index (χ0n) is 15.1. The zero-order chi connectivity index (χ0) is 18.5. The van der Waals surface area contributed by atoms with Crippen LogP contribution in [-0.4, -0.2) is 21.1 Å². The number of nitrogens with one attached hydrogen (secondary N) is 2. The normalized spacial score (nSPS) is 10.4. The Labute approximate surface area is 152 Å². The topological polar surface area (TPSA) is 79.8 Å². The third-order valence-electron chi connectivity index (χ3n) is 3.99. The molecule has 26 heavy (non-hydrogen) atoms. The molecule has 0 aliphatic heterocycles. The molecule has 0 saturated heterocycles. The van der Waals surface area contributed by atoms with E-state index in [4.69, 9.17) is 0 Å². The molecular formula is C20H21N5O. The van der Waals surface area contributed by atoms with Crippen LogP contribution >= 0.6 is 0 Å². The maximum Gasteiger partial charge on any atom is 0.276 e. The second kappa shape index (κ2) is 7.74. The first-order valence-electron chi connectivity index (χ1n) is 8.39. The van der Waals surface area contributed by atoms with Crippen LogP contribution < -0.4 is 10.6 Å². The molecule has 3 aromatic rings. The minimum absolute atomic E-state index is 0.271. The summed E-state index contributed by atoms with van der Waals surface area (Å²) in [5.74, 6) is 0.318. The Morgan fingerprint density at radius 1 is 1.00 bits per heavy atom. The highest BCUT2D eigenvalue weighted by molar-refractivity contribution is 6.03.